The zero-order chi connectivity index (χ0) is 25.0. The highest BCUT2D eigenvalue weighted by Gasteiger charge is 2.59. The van der Waals surface area contributed by atoms with E-state index in [0.29, 0.717) is 22.1 Å². The van der Waals surface area contributed by atoms with E-state index in [0.717, 1.165) is 5.56 Å². The molecule has 0 bridgehead atoms. The molecule has 0 saturated carbocycles. The molecule has 0 unspecified atom stereocenters. The molecule has 4 rings (SSSR count). The Morgan fingerprint density at radius 2 is 1.69 bits per heavy atom. The minimum atomic E-state index is -1.58. The smallest absolute Gasteiger partial charge is 0.338 e. The number of amides is 1. The Bertz CT molecular complexity index is 1290. The molecule has 1 saturated heterocycles. The van der Waals surface area contributed by atoms with E-state index in [-0.39, 0.29) is 18.0 Å². The Labute approximate surface area is 209 Å². The SMILES string of the molecule is CCOC(=O)[C@]1(C)/C(=N\Nc2ccccc2)C(=Nc2ccc(C)cc2)C(=O)N1c1ccc(Cl)cc1. The lowest BCUT2D eigenvalue weighted by Gasteiger charge is -2.32. The molecule has 1 atom stereocenters. The summed E-state index contributed by atoms with van der Waals surface area (Å²) in [6.07, 6.45) is 0. The number of halogens is 1. The summed E-state index contributed by atoms with van der Waals surface area (Å²) in [5.41, 5.74) is 4.37. The van der Waals surface area contributed by atoms with Gasteiger partial charge in [0.2, 0.25) is 0 Å². The molecule has 0 radical (unpaired) electrons. The number of hydrogen-bond donors (Lipinski definition) is 1. The first-order chi connectivity index (χ1) is 16.8. The number of aryl methyl sites for hydroxylation is 1. The summed E-state index contributed by atoms with van der Waals surface area (Å²) in [5, 5.41) is 5.04. The van der Waals surface area contributed by atoms with Crippen LogP contribution in [0.4, 0.5) is 17.1 Å². The van der Waals surface area contributed by atoms with Gasteiger partial charge in [-0.2, -0.15) is 5.10 Å². The second-order valence-electron chi connectivity index (χ2n) is 8.14. The first-order valence-corrected chi connectivity index (χ1v) is 11.5. The third-order valence-electron chi connectivity index (χ3n) is 5.64. The third-order valence-corrected chi connectivity index (χ3v) is 5.89. The molecule has 7 nitrogen and oxygen atoms in total. The van der Waals surface area contributed by atoms with Crippen molar-refractivity contribution in [2.24, 2.45) is 10.1 Å². The lowest BCUT2D eigenvalue weighted by atomic mass is 9.95. The lowest BCUT2D eigenvalue weighted by Crippen LogP contribution is -2.55. The number of rotatable bonds is 6. The van der Waals surface area contributed by atoms with Crippen molar-refractivity contribution < 1.29 is 14.3 Å². The Morgan fingerprint density at radius 1 is 1.03 bits per heavy atom. The van der Waals surface area contributed by atoms with Crippen molar-refractivity contribution in [2.75, 3.05) is 16.9 Å². The highest BCUT2D eigenvalue weighted by molar-refractivity contribution is 6.77. The highest BCUT2D eigenvalue weighted by Crippen LogP contribution is 2.35. The van der Waals surface area contributed by atoms with Crippen LogP contribution < -0.4 is 10.3 Å². The van der Waals surface area contributed by atoms with Crippen LogP contribution in [0.5, 0.6) is 0 Å². The molecule has 1 heterocycles. The first-order valence-electron chi connectivity index (χ1n) is 11.2. The molecule has 1 fully saturated rings. The minimum Gasteiger partial charge on any atom is -0.464 e. The van der Waals surface area contributed by atoms with Crippen LogP contribution in [0.15, 0.2) is 89.0 Å². The quantitative estimate of drug-likeness (QED) is 0.364. The van der Waals surface area contributed by atoms with Crippen molar-refractivity contribution in [3.05, 3.63) is 89.4 Å². The summed E-state index contributed by atoms with van der Waals surface area (Å²) in [4.78, 5) is 33.3. The van der Waals surface area contributed by atoms with Crippen molar-refractivity contribution >= 4 is 52.0 Å². The van der Waals surface area contributed by atoms with Gasteiger partial charge in [0.15, 0.2) is 11.3 Å². The Hall–Kier alpha value is -3.97. The zero-order valence-corrected chi connectivity index (χ0v) is 20.4. The maximum Gasteiger partial charge on any atom is 0.338 e. The van der Waals surface area contributed by atoms with Gasteiger partial charge in [-0.15, -0.1) is 0 Å². The Morgan fingerprint density at radius 3 is 2.31 bits per heavy atom. The molecule has 0 aromatic heterocycles. The summed E-state index contributed by atoms with van der Waals surface area (Å²) in [7, 11) is 0. The summed E-state index contributed by atoms with van der Waals surface area (Å²) in [6.45, 7) is 5.43. The fraction of sp³-hybridized carbons (Fsp3) is 0.185. The number of carbonyl (C=O) groups excluding carboxylic acids is 2. The van der Waals surface area contributed by atoms with Gasteiger partial charge in [-0.25, -0.2) is 9.79 Å². The second kappa shape index (κ2) is 10.1. The van der Waals surface area contributed by atoms with E-state index in [1.807, 2.05) is 61.5 Å². The number of para-hydroxylation sites is 1. The van der Waals surface area contributed by atoms with Crippen LogP contribution in [0.2, 0.25) is 5.02 Å². The monoisotopic (exact) mass is 488 g/mol. The normalized spacial score (nSPS) is 19.9. The van der Waals surface area contributed by atoms with Gasteiger partial charge in [-0.05, 0) is 69.3 Å². The van der Waals surface area contributed by atoms with E-state index in [1.54, 1.807) is 38.1 Å². The van der Waals surface area contributed by atoms with Crippen LogP contribution in [-0.2, 0) is 14.3 Å². The average Bonchev–Trinajstić information content (AvgIpc) is 3.07. The number of nitrogens with zero attached hydrogens (tertiary/aromatic N) is 3. The number of carbonyl (C=O) groups is 2. The molecule has 178 valence electrons. The number of nitrogens with one attached hydrogen (secondary N) is 1. The number of benzene rings is 3. The molecule has 0 aliphatic carbocycles. The summed E-state index contributed by atoms with van der Waals surface area (Å²) in [6, 6.07) is 23.3. The molecule has 3 aromatic rings. The van der Waals surface area contributed by atoms with E-state index in [4.69, 9.17) is 16.3 Å². The fourth-order valence-corrected chi connectivity index (χ4v) is 3.94. The Kier molecular flexibility index (Phi) is 6.98. The number of anilines is 2. The van der Waals surface area contributed by atoms with Gasteiger partial charge in [0.1, 0.15) is 5.71 Å². The van der Waals surface area contributed by atoms with Crippen molar-refractivity contribution in [3.63, 3.8) is 0 Å². The van der Waals surface area contributed by atoms with E-state index in [9.17, 15) is 9.59 Å². The van der Waals surface area contributed by atoms with E-state index < -0.39 is 17.4 Å². The van der Waals surface area contributed by atoms with Crippen LogP contribution in [0, 0.1) is 6.92 Å². The number of ether oxygens (including phenoxy) is 1. The maximum absolute atomic E-state index is 13.9. The van der Waals surface area contributed by atoms with Gasteiger partial charge < -0.3 is 4.74 Å². The van der Waals surface area contributed by atoms with Gasteiger partial charge in [0.05, 0.1) is 18.0 Å². The van der Waals surface area contributed by atoms with Gasteiger partial charge in [0.25, 0.3) is 5.91 Å². The second-order valence-corrected chi connectivity index (χ2v) is 8.58. The standard InChI is InChI=1S/C27H25ClN4O3/c1-4-35-26(34)27(3)24(31-30-21-8-6-5-7-9-21)23(29-20-14-10-18(2)11-15-20)25(33)32(27)22-16-12-19(28)13-17-22/h5-17,30H,4H2,1-3H3/b29-23?,31-24-/t27-/m0/s1. The van der Waals surface area contributed by atoms with Gasteiger partial charge >= 0.3 is 5.97 Å². The first kappa shape index (κ1) is 24.2. The van der Waals surface area contributed by atoms with Crippen molar-refractivity contribution in [1.82, 2.24) is 0 Å². The average molecular weight is 489 g/mol. The molecule has 1 N–H and O–H groups in total. The largest absolute Gasteiger partial charge is 0.464 e. The molecular formula is C27H25ClN4O3. The molecule has 8 heteroatoms. The van der Waals surface area contributed by atoms with Crippen molar-refractivity contribution in [1.29, 1.82) is 0 Å². The van der Waals surface area contributed by atoms with Crippen molar-refractivity contribution in [3.8, 4) is 0 Å². The van der Waals surface area contributed by atoms with Gasteiger partial charge in [-0.3, -0.25) is 15.1 Å². The van der Waals surface area contributed by atoms with Crippen LogP contribution in [0.25, 0.3) is 0 Å². The molecule has 35 heavy (non-hydrogen) atoms. The molecular weight excluding hydrogens is 464 g/mol. The summed E-state index contributed by atoms with van der Waals surface area (Å²) >= 11 is 6.08. The third kappa shape index (κ3) is 4.81. The summed E-state index contributed by atoms with van der Waals surface area (Å²) < 4.78 is 5.43. The zero-order valence-electron chi connectivity index (χ0n) is 19.7. The van der Waals surface area contributed by atoms with Crippen LogP contribution in [0.3, 0.4) is 0 Å². The molecule has 1 aliphatic rings. The number of aliphatic imine (C=N–C) groups is 1. The fourth-order valence-electron chi connectivity index (χ4n) is 3.82. The highest BCUT2D eigenvalue weighted by atomic mass is 35.5. The van der Waals surface area contributed by atoms with E-state index in [1.165, 1.54) is 4.90 Å². The Balaban J connectivity index is 1.92. The van der Waals surface area contributed by atoms with Crippen LogP contribution in [0.1, 0.15) is 19.4 Å². The number of hydrogen-bond acceptors (Lipinski definition) is 6. The lowest BCUT2D eigenvalue weighted by molar-refractivity contribution is -0.146. The van der Waals surface area contributed by atoms with E-state index in [2.05, 4.69) is 15.5 Å². The minimum absolute atomic E-state index is 0.0442. The number of hydrazone groups is 1. The van der Waals surface area contributed by atoms with Gasteiger partial charge in [0, 0.05) is 10.7 Å². The maximum atomic E-state index is 13.9. The van der Waals surface area contributed by atoms with Crippen LogP contribution in [-0.4, -0.2) is 35.4 Å². The van der Waals surface area contributed by atoms with Crippen LogP contribution >= 0.6 is 11.6 Å². The molecule has 3 aromatic carbocycles. The molecule has 0 spiro atoms. The molecule has 1 aliphatic heterocycles. The predicted octanol–water partition coefficient (Wildman–Crippen LogP) is 5.56. The topological polar surface area (TPSA) is 83.4 Å². The molecule has 1 amide bonds. The predicted molar refractivity (Wildman–Crippen MR) is 140 cm³/mol. The van der Waals surface area contributed by atoms with E-state index >= 15 is 0 Å². The van der Waals surface area contributed by atoms with Crippen molar-refractivity contribution in [2.45, 2.75) is 26.3 Å². The summed E-state index contributed by atoms with van der Waals surface area (Å²) in [5.74, 6) is -1.09. The van der Waals surface area contributed by atoms with Gasteiger partial charge in [-0.1, -0.05) is 47.5 Å². The number of esters is 1.